The molecule has 0 aromatic rings. The minimum atomic E-state index is -0.500. The Morgan fingerprint density at radius 2 is 1.33 bits per heavy atom. The van der Waals surface area contributed by atoms with Crippen LogP contribution in [0, 0.1) is 0 Å². The van der Waals surface area contributed by atoms with Gasteiger partial charge >= 0.3 is 23.1 Å². The van der Waals surface area contributed by atoms with Crippen molar-refractivity contribution in [1.82, 2.24) is 0 Å². The maximum absolute atomic E-state index is 8.52. The Morgan fingerprint density at radius 3 is 1.33 bits per heavy atom. The van der Waals surface area contributed by atoms with Crippen molar-refractivity contribution in [2.75, 3.05) is 0 Å². The van der Waals surface area contributed by atoms with Gasteiger partial charge in [-0.1, -0.05) is 0 Å². The molecule has 0 spiro atoms. The third-order valence-electron chi connectivity index (χ3n) is 0. The third-order valence-corrected chi connectivity index (χ3v) is 0. The van der Waals surface area contributed by atoms with Gasteiger partial charge in [-0.3, -0.25) is 0 Å². The van der Waals surface area contributed by atoms with Gasteiger partial charge in [0.05, 0.1) is 5.60 Å². The second-order valence-electron chi connectivity index (χ2n) is 2.17. The van der Waals surface area contributed by atoms with Gasteiger partial charge < -0.3 is 7.96 Å². The maximum atomic E-state index is 8.52. The van der Waals surface area contributed by atoms with E-state index in [0.29, 0.717) is 0 Å². The molecule has 0 aliphatic carbocycles. The van der Waals surface area contributed by atoms with E-state index >= 15 is 0 Å². The van der Waals surface area contributed by atoms with Crippen LogP contribution < -0.4 is 0 Å². The van der Waals surface area contributed by atoms with Crippen LogP contribution in [0.2, 0.25) is 0 Å². The molecule has 0 aromatic carbocycles. The molecule has 0 radical (unpaired) electrons. The zero-order valence-electron chi connectivity index (χ0n) is 6.65. The summed E-state index contributed by atoms with van der Waals surface area (Å²) >= 11 is 0. The number of rotatable bonds is 0. The maximum Gasteiger partial charge on any atom is 2.00 e. The van der Waals surface area contributed by atoms with Gasteiger partial charge in [0, 0.05) is 0 Å². The van der Waals surface area contributed by atoms with Crippen molar-refractivity contribution in [3.8, 4) is 0 Å². The van der Waals surface area contributed by atoms with Crippen LogP contribution in [0.5, 0.6) is 0 Å². The fraction of sp³-hybridized carbons (Fsp3) is 1.00. The first kappa shape index (κ1) is 9.87. The number of hydrogen-bond donors (Lipinski definition) is 1. The Hall–Kier alpha value is 0.726. The van der Waals surface area contributed by atoms with Gasteiger partial charge in [0.15, 0.2) is 0 Å². The van der Waals surface area contributed by atoms with Gasteiger partial charge in [0.1, 0.15) is 0 Å². The van der Waals surface area contributed by atoms with E-state index in [9.17, 15) is 0 Å². The molecule has 6 heavy (non-hydrogen) atoms. The van der Waals surface area contributed by atoms with Crippen LogP contribution in [0.4, 0.5) is 0 Å². The summed E-state index contributed by atoms with van der Waals surface area (Å²) in [6, 6.07) is 0. The van der Waals surface area contributed by atoms with Crippen LogP contribution in [-0.4, -0.2) is 33.8 Å². The largest absolute Gasteiger partial charge is 2.00 e. The van der Waals surface area contributed by atoms with Crippen LogP contribution in [0.3, 0.4) is 0 Å². The van der Waals surface area contributed by atoms with E-state index in [1.807, 2.05) is 0 Å². The first-order chi connectivity index (χ1) is 2.00. The van der Waals surface area contributed by atoms with E-state index in [4.69, 9.17) is 5.11 Å². The second kappa shape index (κ2) is 2.83. The molecule has 0 aromatic heterocycles. The van der Waals surface area contributed by atoms with E-state index in [0.717, 1.165) is 0 Å². The van der Waals surface area contributed by atoms with Gasteiger partial charge in [0.2, 0.25) is 0 Å². The molecule has 0 aliphatic rings. The van der Waals surface area contributed by atoms with Crippen molar-refractivity contribution < 1.29 is 7.96 Å². The summed E-state index contributed by atoms with van der Waals surface area (Å²) in [4.78, 5) is 0. The Morgan fingerprint density at radius 1 is 1.33 bits per heavy atom. The molecule has 1 nitrogen and oxygen atoms in total. The van der Waals surface area contributed by atoms with Crippen molar-refractivity contribution in [1.29, 1.82) is 0 Å². The van der Waals surface area contributed by atoms with Gasteiger partial charge in [-0.05, 0) is 20.8 Å². The standard InChI is InChI=1S/C4H10O.Mg.2H/c1-4(2,3)5;;;/h5H,1-3H3;;;/q;+2;2*-1. The summed E-state index contributed by atoms with van der Waals surface area (Å²) in [6.45, 7) is 5.23. The molecule has 0 fully saturated rings. The van der Waals surface area contributed by atoms with E-state index < -0.39 is 5.60 Å². The summed E-state index contributed by atoms with van der Waals surface area (Å²) in [5, 5.41) is 8.52. The molecule has 0 aliphatic heterocycles. The van der Waals surface area contributed by atoms with Gasteiger partial charge in [-0.2, -0.15) is 0 Å². The van der Waals surface area contributed by atoms with Crippen LogP contribution >= 0.6 is 0 Å². The molecular formula is C4H12MgO. The molecule has 0 amide bonds. The van der Waals surface area contributed by atoms with E-state index in [1.165, 1.54) is 0 Å². The molecule has 0 rings (SSSR count). The zero-order valence-corrected chi connectivity index (χ0v) is 6.07. The second-order valence-corrected chi connectivity index (χ2v) is 2.17. The monoisotopic (exact) mass is 100 g/mol. The summed E-state index contributed by atoms with van der Waals surface area (Å²) in [7, 11) is 0. The molecule has 2 heteroatoms. The molecule has 0 unspecified atom stereocenters. The Bertz CT molecular complexity index is 29.5. The Labute approximate surface area is 57.9 Å². The fourth-order valence-corrected chi connectivity index (χ4v) is 0. The predicted molar refractivity (Wildman–Crippen MR) is 29.9 cm³/mol. The Kier molecular flexibility index (Phi) is 4.65. The summed E-state index contributed by atoms with van der Waals surface area (Å²) in [5.74, 6) is 0. The molecule has 0 saturated heterocycles. The number of aliphatic hydroxyl groups is 1. The zero-order chi connectivity index (χ0) is 4.50. The average Bonchev–Trinajstić information content (AvgIpc) is 0.722. The molecular weight excluding hydrogens is 88.3 g/mol. The van der Waals surface area contributed by atoms with Crippen LogP contribution in [-0.2, 0) is 0 Å². The van der Waals surface area contributed by atoms with Crippen LogP contribution in [0.1, 0.15) is 23.6 Å². The van der Waals surface area contributed by atoms with Crippen molar-refractivity contribution in [2.24, 2.45) is 0 Å². The van der Waals surface area contributed by atoms with Crippen molar-refractivity contribution in [3.05, 3.63) is 0 Å². The minimum Gasteiger partial charge on any atom is -1.00 e. The van der Waals surface area contributed by atoms with Gasteiger partial charge in [0.25, 0.3) is 0 Å². The first-order valence-corrected chi connectivity index (χ1v) is 1.72. The molecule has 0 heterocycles. The van der Waals surface area contributed by atoms with Crippen molar-refractivity contribution in [3.63, 3.8) is 0 Å². The first-order valence-electron chi connectivity index (χ1n) is 1.72. The van der Waals surface area contributed by atoms with Crippen LogP contribution in [0.25, 0.3) is 0 Å². The van der Waals surface area contributed by atoms with Gasteiger partial charge in [-0.15, -0.1) is 0 Å². The van der Waals surface area contributed by atoms with E-state index in [1.54, 1.807) is 20.8 Å². The van der Waals surface area contributed by atoms with Crippen LogP contribution in [0.15, 0.2) is 0 Å². The predicted octanol–water partition coefficient (Wildman–Crippen LogP) is 0.621. The summed E-state index contributed by atoms with van der Waals surface area (Å²) in [6.07, 6.45) is 0. The fourth-order valence-electron chi connectivity index (χ4n) is 0. The third kappa shape index (κ3) is 124. The molecule has 0 saturated carbocycles. The number of hydrogen-bond acceptors (Lipinski definition) is 1. The van der Waals surface area contributed by atoms with Crippen molar-refractivity contribution >= 4 is 23.1 Å². The Balaban J connectivity index is -0.0000000267. The van der Waals surface area contributed by atoms with E-state index in [-0.39, 0.29) is 25.9 Å². The summed E-state index contributed by atoms with van der Waals surface area (Å²) in [5.41, 5.74) is -0.500. The minimum absolute atomic E-state index is 0. The smallest absolute Gasteiger partial charge is 1.00 e. The molecule has 0 atom stereocenters. The SMILES string of the molecule is CC(C)(C)O.[H-].[H-].[Mg+2]. The topological polar surface area (TPSA) is 20.2 Å². The molecule has 0 bridgehead atoms. The average molecular weight is 100 g/mol. The van der Waals surface area contributed by atoms with E-state index in [2.05, 4.69) is 0 Å². The van der Waals surface area contributed by atoms with Gasteiger partial charge in [-0.25, -0.2) is 0 Å². The summed E-state index contributed by atoms with van der Waals surface area (Å²) < 4.78 is 0. The normalized spacial score (nSPS) is 10.0. The molecule has 36 valence electrons. The van der Waals surface area contributed by atoms with Crippen molar-refractivity contribution in [2.45, 2.75) is 26.4 Å². The molecule has 1 N–H and O–H groups in total. The quantitative estimate of drug-likeness (QED) is 0.443.